The largest absolute Gasteiger partial charge is 0.351 e. The summed E-state index contributed by atoms with van der Waals surface area (Å²) in [4.78, 5) is 31.6. The van der Waals surface area contributed by atoms with Crippen LogP contribution in [0.25, 0.3) is 0 Å². The molecule has 3 heterocycles. The summed E-state index contributed by atoms with van der Waals surface area (Å²) in [6.45, 7) is 2.71. The van der Waals surface area contributed by atoms with Crippen LogP contribution >= 0.6 is 11.3 Å². The van der Waals surface area contributed by atoms with Gasteiger partial charge in [0.1, 0.15) is 0 Å². The third kappa shape index (κ3) is 4.66. The van der Waals surface area contributed by atoms with Gasteiger partial charge in [-0.2, -0.15) is 0 Å². The molecule has 2 aromatic rings. The molecule has 1 fully saturated rings. The number of hydrogen-bond acceptors (Lipinski definition) is 4. The van der Waals surface area contributed by atoms with Gasteiger partial charge in [0.15, 0.2) is 0 Å². The normalized spacial score (nSPS) is 16.8. The summed E-state index contributed by atoms with van der Waals surface area (Å²) in [5.41, 5.74) is 1.75. The third-order valence-corrected chi connectivity index (χ3v) is 5.36. The molecular weight excluding hydrogens is 334 g/mol. The molecule has 0 bridgehead atoms. The summed E-state index contributed by atoms with van der Waals surface area (Å²) in [6, 6.07) is 9.98. The Kier molecular flexibility index (Phi) is 5.81. The van der Waals surface area contributed by atoms with Gasteiger partial charge >= 0.3 is 0 Å². The topological polar surface area (TPSA) is 62.3 Å². The Morgan fingerprint density at radius 3 is 2.96 bits per heavy atom. The number of thiophene rings is 1. The van der Waals surface area contributed by atoms with E-state index >= 15 is 0 Å². The smallest absolute Gasteiger partial charge is 0.223 e. The maximum atomic E-state index is 12.7. The fraction of sp³-hybridized carbons (Fsp3) is 0.421. The van der Waals surface area contributed by atoms with Crippen molar-refractivity contribution in [1.29, 1.82) is 0 Å². The molecule has 132 valence electrons. The number of aromatic nitrogens is 1. The van der Waals surface area contributed by atoms with Crippen LogP contribution in [0.2, 0.25) is 0 Å². The number of hydrogen-bond donors (Lipinski definition) is 1. The summed E-state index contributed by atoms with van der Waals surface area (Å²) in [7, 11) is 0. The minimum absolute atomic E-state index is 0.0492. The molecule has 0 spiro atoms. The van der Waals surface area contributed by atoms with Gasteiger partial charge in [-0.3, -0.25) is 14.6 Å². The number of aryl methyl sites for hydroxylation is 1. The Balaban J connectivity index is 1.65. The molecule has 1 aliphatic rings. The maximum Gasteiger partial charge on any atom is 0.223 e. The molecule has 1 saturated heterocycles. The number of nitrogens with zero attached hydrogens (tertiary/aromatic N) is 2. The number of likely N-dealkylation sites (tertiary alicyclic amines) is 1. The zero-order chi connectivity index (χ0) is 17.6. The zero-order valence-electron chi connectivity index (χ0n) is 14.4. The second kappa shape index (κ2) is 8.25. The molecule has 0 aromatic carbocycles. The number of carbonyl (C=O) groups excluding carboxylic acids is 2. The van der Waals surface area contributed by atoms with Gasteiger partial charge in [-0.15, -0.1) is 11.3 Å². The van der Waals surface area contributed by atoms with Crippen LogP contribution in [0.5, 0.6) is 0 Å². The molecule has 0 radical (unpaired) electrons. The standard InChI is InChI=1S/C19H23N3O2S/c1-14(23)20-13-15-5-2-7-17(21-15)18-8-3-11-22(18)19(24)10-9-16-6-4-12-25-16/h2,4-7,12,18H,3,8-11,13H2,1H3,(H,20,23)/t18-/m0/s1. The summed E-state index contributed by atoms with van der Waals surface area (Å²) in [5, 5.41) is 4.81. The van der Waals surface area contributed by atoms with Gasteiger partial charge in [-0.1, -0.05) is 12.1 Å². The van der Waals surface area contributed by atoms with Crippen molar-refractivity contribution in [2.45, 2.75) is 45.2 Å². The lowest BCUT2D eigenvalue weighted by molar-refractivity contribution is -0.132. The molecule has 1 N–H and O–H groups in total. The maximum absolute atomic E-state index is 12.7. The van der Waals surface area contributed by atoms with E-state index in [9.17, 15) is 9.59 Å². The van der Waals surface area contributed by atoms with Crippen LogP contribution in [0.3, 0.4) is 0 Å². The predicted molar refractivity (Wildman–Crippen MR) is 98.1 cm³/mol. The first-order chi connectivity index (χ1) is 12.1. The quantitative estimate of drug-likeness (QED) is 0.864. The Labute approximate surface area is 152 Å². The lowest BCUT2D eigenvalue weighted by atomic mass is 10.1. The van der Waals surface area contributed by atoms with E-state index < -0.39 is 0 Å². The molecule has 0 unspecified atom stereocenters. The fourth-order valence-electron chi connectivity index (χ4n) is 3.20. The molecule has 0 saturated carbocycles. The second-order valence-corrected chi connectivity index (χ2v) is 7.32. The molecule has 1 aliphatic heterocycles. The minimum atomic E-state index is -0.0709. The van der Waals surface area contributed by atoms with Crippen LogP contribution in [0, 0.1) is 0 Å². The van der Waals surface area contributed by atoms with Crippen molar-refractivity contribution in [2.24, 2.45) is 0 Å². The first kappa shape index (κ1) is 17.6. The minimum Gasteiger partial charge on any atom is -0.351 e. The molecule has 2 amide bonds. The van der Waals surface area contributed by atoms with E-state index in [2.05, 4.69) is 16.4 Å². The lowest BCUT2D eigenvalue weighted by Gasteiger charge is -2.24. The van der Waals surface area contributed by atoms with Crippen LogP contribution in [-0.4, -0.2) is 28.2 Å². The molecule has 5 nitrogen and oxygen atoms in total. The Bertz CT molecular complexity index is 730. The van der Waals surface area contributed by atoms with E-state index in [-0.39, 0.29) is 17.9 Å². The van der Waals surface area contributed by atoms with Crippen molar-refractivity contribution < 1.29 is 9.59 Å². The zero-order valence-corrected chi connectivity index (χ0v) is 15.2. The predicted octanol–water partition coefficient (Wildman–Crippen LogP) is 3.08. The van der Waals surface area contributed by atoms with Crippen molar-refractivity contribution >= 4 is 23.2 Å². The van der Waals surface area contributed by atoms with Gasteiger partial charge < -0.3 is 10.2 Å². The average Bonchev–Trinajstić information content (AvgIpc) is 3.29. The third-order valence-electron chi connectivity index (χ3n) is 4.43. The number of amides is 2. The molecule has 0 aliphatic carbocycles. The lowest BCUT2D eigenvalue weighted by Crippen LogP contribution is -2.31. The van der Waals surface area contributed by atoms with Gasteiger partial charge in [0, 0.05) is 24.8 Å². The van der Waals surface area contributed by atoms with E-state index in [0.717, 1.165) is 37.2 Å². The Morgan fingerprint density at radius 1 is 1.32 bits per heavy atom. The van der Waals surface area contributed by atoms with Crippen LogP contribution in [-0.2, 0) is 22.6 Å². The summed E-state index contributed by atoms with van der Waals surface area (Å²) in [5.74, 6) is 0.128. The van der Waals surface area contributed by atoms with Crippen molar-refractivity contribution in [1.82, 2.24) is 15.2 Å². The summed E-state index contributed by atoms with van der Waals surface area (Å²) < 4.78 is 0. The highest BCUT2D eigenvalue weighted by atomic mass is 32.1. The molecule has 3 rings (SSSR count). The van der Waals surface area contributed by atoms with E-state index in [1.165, 1.54) is 11.8 Å². The van der Waals surface area contributed by atoms with Crippen molar-refractivity contribution in [3.8, 4) is 0 Å². The molecule has 6 heteroatoms. The summed E-state index contributed by atoms with van der Waals surface area (Å²) in [6.07, 6.45) is 3.30. The summed E-state index contributed by atoms with van der Waals surface area (Å²) >= 11 is 1.70. The van der Waals surface area contributed by atoms with Gasteiger partial charge in [0.2, 0.25) is 11.8 Å². The van der Waals surface area contributed by atoms with Gasteiger partial charge in [-0.05, 0) is 42.8 Å². The van der Waals surface area contributed by atoms with E-state index in [1.54, 1.807) is 11.3 Å². The van der Waals surface area contributed by atoms with Crippen molar-refractivity contribution in [3.05, 3.63) is 52.0 Å². The van der Waals surface area contributed by atoms with Crippen LogP contribution < -0.4 is 5.32 Å². The van der Waals surface area contributed by atoms with E-state index in [0.29, 0.717) is 13.0 Å². The highest BCUT2D eigenvalue weighted by Gasteiger charge is 2.30. The first-order valence-electron chi connectivity index (χ1n) is 8.65. The number of pyridine rings is 1. The number of carbonyl (C=O) groups is 2. The first-order valence-corrected chi connectivity index (χ1v) is 9.53. The van der Waals surface area contributed by atoms with E-state index in [4.69, 9.17) is 0 Å². The molecule has 25 heavy (non-hydrogen) atoms. The van der Waals surface area contributed by atoms with Crippen LogP contribution in [0.15, 0.2) is 35.7 Å². The van der Waals surface area contributed by atoms with Gasteiger partial charge in [0.25, 0.3) is 0 Å². The highest BCUT2D eigenvalue weighted by molar-refractivity contribution is 7.09. The molecule has 1 atom stereocenters. The SMILES string of the molecule is CC(=O)NCc1cccc([C@@H]2CCCN2C(=O)CCc2cccs2)n1. The van der Waals surface area contributed by atoms with Crippen LogP contribution in [0.4, 0.5) is 0 Å². The highest BCUT2D eigenvalue weighted by Crippen LogP contribution is 2.31. The van der Waals surface area contributed by atoms with Crippen LogP contribution in [0.1, 0.15) is 48.5 Å². The number of rotatable bonds is 6. The monoisotopic (exact) mass is 357 g/mol. The molecular formula is C19H23N3O2S. The Morgan fingerprint density at radius 2 is 2.20 bits per heavy atom. The molecule has 2 aromatic heterocycles. The van der Waals surface area contributed by atoms with E-state index in [1.807, 2.05) is 34.5 Å². The van der Waals surface area contributed by atoms with Gasteiger partial charge in [-0.25, -0.2) is 0 Å². The second-order valence-electron chi connectivity index (χ2n) is 6.29. The Hall–Kier alpha value is -2.21. The van der Waals surface area contributed by atoms with Gasteiger partial charge in [0.05, 0.1) is 24.0 Å². The fourth-order valence-corrected chi connectivity index (χ4v) is 3.91. The average molecular weight is 357 g/mol. The number of nitrogens with one attached hydrogen (secondary N) is 1. The van der Waals surface area contributed by atoms with Crippen molar-refractivity contribution in [2.75, 3.05) is 6.54 Å². The van der Waals surface area contributed by atoms with Crippen molar-refractivity contribution in [3.63, 3.8) is 0 Å².